The molecule has 0 aliphatic carbocycles. The van der Waals surface area contributed by atoms with Crippen molar-refractivity contribution >= 4 is 65.6 Å². The van der Waals surface area contributed by atoms with Crippen molar-refractivity contribution in [2.24, 2.45) is 0 Å². The molecule has 194 valence electrons. The minimum atomic E-state index is -2.10. The van der Waals surface area contributed by atoms with Crippen LogP contribution in [0.3, 0.4) is 0 Å². The van der Waals surface area contributed by atoms with E-state index in [0.717, 1.165) is 0 Å². The zero-order chi connectivity index (χ0) is 27.1. The summed E-state index contributed by atoms with van der Waals surface area (Å²) in [5.74, 6) is 0. The Morgan fingerprint density at radius 2 is 0.375 bits per heavy atom. The molecule has 0 bridgehead atoms. The van der Waals surface area contributed by atoms with E-state index in [-0.39, 0.29) is 0 Å². The van der Waals surface area contributed by atoms with Crippen molar-refractivity contribution in [3.05, 3.63) is 182 Å². The quantitative estimate of drug-likeness (QED) is 0.123. The smallest absolute Gasteiger partial charge is 0.0620 e. The first-order chi connectivity index (χ1) is 19.8. The molecular weight excluding hydrogens is 558 g/mol. The summed E-state index contributed by atoms with van der Waals surface area (Å²) in [4.78, 5) is 0. The Kier molecular flexibility index (Phi) is 8.52. The van der Waals surface area contributed by atoms with E-state index in [1.165, 1.54) is 31.8 Å². The standard InChI is InChI=1S/C36H30P2S2/c1-7-19-31(20-8-1)37(32-21-9-2-10-22-32,33-23-11-3-12-24-33)39-40-38(34-25-13-4-14-26-34,35-27-15-5-16-28-35)36-29-17-6-18-30-36/h1-30H/q+2. The Morgan fingerprint density at radius 3 is 0.525 bits per heavy atom. The van der Waals surface area contributed by atoms with E-state index in [9.17, 15) is 0 Å². The van der Waals surface area contributed by atoms with Crippen LogP contribution in [0.4, 0.5) is 0 Å². The second kappa shape index (κ2) is 12.6. The minimum Gasteiger partial charge on any atom is -0.0620 e. The first-order valence-corrected chi connectivity index (χ1v) is 20.3. The third-order valence-electron chi connectivity index (χ3n) is 6.98. The van der Waals surface area contributed by atoms with E-state index >= 15 is 0 Å². The van der Waals surface area contributed by atoms with Crippen molar-refractivity contribution in [3.63, 3.8) is 0 Å². The molecule has 0 amide bonds. The highest BCUT2D eigenvalue weighted by molar-refractivity contribution is 9.20. The first-order valence-electron chi connectivity index (χ1n) is 13.3. The maximum Gasteiger partial charge on any atom is 0.186 e. The molecule has 6 aromatic rings. The Hall–Kier alpha value is -3.12. The van der Waals surface area contributed by atoms with Crippen LogP contribution < -0.4 is 31.8 Å². The molecule has 0 heterocycles. The Labute approximate surface area is 246 Å². The summed E-state index contributed by atoms with van der Waals surface area (Å²) in [6, 6.07) is 67.0. The number of hydrogen-bond acceptors (Lipinski definition) is 2. The van der Waals surface area contributed by atoms with Gasteiger partial charge in [-0.1, -0.05) is 109 Å². The van der Waals surface area contributed by atoms with Crippen molar-refractivity contribution in [1.82, 2.24) is 0 Å². The molecule has 0 N–H and O–H groups in total. The first kappa shape index (κ1) is 27.1. The Morgan fingerprint density at radius 1 is 0.225 bits per heavy atom. The Bertz CT molecular complexity index is 1290. The molecule has 0 unspecified atom stereocenters. The summed E-state index contributed by atoms with van der Waals surface area (Å²) in [6.07, 6.45) is 0. The highest BCUT2D eigenvalue weighted by atomic mass is 33.5. The van der Waals surface area contributed by atoms with Crippen molar-refractivity contribution in [1.29, 1.82) is 0 Å². The van der Waals surface area contributed by atoms with Crippen LogP contribution in [0.25, 0.3) is 0 Å². The maximum atomic E-state index is 2.33. The zero-order valence-corrected chi connectivity index (χ0v) is 25.5. The normalized spacial score (nSPS) is 11.7. The average Bonchev–Trinajstić information content (AvgIpc) is 3.06. The van der Waals surface area contributed by atoms with Crippen LogP contribution in [0, 0.1) is 0 Å². The van der Waals surface area contributed by atoms with Gasteiger partial charge in [-0.25, -0.2) is 0 Å². The van der Waals surface area contributed by atoms with Gasteiger partial charge in [0.15, 0.2) is 12.9 Å². The second-order valence-electron chi connectivity index (χ2n) is 9.38. The Balaban J connectivity index is 1.62. The molecule has 0 aromatic heterocycles. The summed E-state index contributed by atoms with van der Waals surface area (Å²) in [7, 11) is 4.19. The van der Waals surface area contributed by atoms with Gasteiger partial charge >= 0.3 is 0 Å². The molecule has 6 rings (SSSR count). The SMILES string of the molecule is c1ccc([P+](SS[P+](c2ccccc2)(c2ccccc2)c2ccccc2)(c2ccccc2)c2ccccc2)cc1. The van der Waals surface area contributed by atoms with E-state index in [0.29, 0.717) is 0 Å². The van der Waals surface area contributed by atoms with Gasteiger partial charge in [0.1, 0.15) is 52.7 Å². The third kappa shape index (κ3) is 5.18. The number of hydrogen-bond donors (Lipinski definition) is 0. The van der Waals surface area contributed by atoms with Crippen molar-refractivity contribution in [2.75, 3.05) is 0 Å². The van der Waals surface area contributed by atoms with Crippen LogP contribution in [-0.2, 0) is 0 Å². The van der Waals surface area contributed by atoms with Gasteiger partial charge in [0.25, 0.3) is 0 Å². The molecule has 0 radical (unpaired) electrons. The van der Waals surface area contributed by atoms with Gasteiger partial charge in [0.05, 0.1) is 0 Å². The van der Waals surface area contributed by atoms with Gasteiger partial charge in [0, 0.05) is 0 Å². The van der Waals surface area contributed by atoms with Crippen molar-refractivity contribution < 1.29 is 0 Å². The molecule has 0 aliphatic heterocycles. The van der Waals surface area contributed by atoms with E-state index < -0.39 is 12.9 Å². The van der Waals surface area contributed by atoms with E-state index in [1.807, 2.05) is 0 Å². The predicted molar refractivity (Wildman–Crippen MR) is 185 cm³/mol. The molecule has 0 nitrogen and oxygen atoms in total. The lowest BCUT2D eigenvalue weighted by molar-refractivity contribution is 1.73. The van der Waals surface area contributed by atoms with E-state index in [2.05, 4.69) is 203 Å². The van der Waals surface area contributed by atoms with Gasteiger partial charge in [0.2, 0.25) is 0 Å². The topological polar surface area (TPSA) is 0 Å². The fraction of sp³-hybridized carbons (Fsp3) is 0. The van der Waals surface area contributed by atoms with Crippen LogP contribution in [0.1, 0.15) is 0 Å². The lowest BCUT2D eigenvalue weighted by atomic mass is 10.4. The van der Waals surface area contributed by atoms with Gasteiger partial charge in [-0.2, -0.15) is 0 Å². The van der Waals surface area contributed by atoms with Crippen LogP contribution in [0.2, 0.25) is 0 Å². The van der Waals surface area contributed by atoms with Crippen LogP contribution in [0.5, 0.6) is 0 Å². The molecule has 4 heteroatoms. The largest absolute Gasteiger partial charge is 0.186 e. The van der Waals surface area contributed by atoms with Crippen LogP contribution in [-0.4, -0.2) is 0 Å². The fourth-order valence-corrected chi connectivity index (χ4v) is 27.3. The van der Waals surface area contributed by atoms with Crippen LogP contribution >= 0.6 is 33.8 Å². The molecule has 6 aromatic carbocycles. The summed E-state index contributed by atoms with van der Waals surface area (Å²) in [5.41, 5.74) is 0. The lowest BCUT2D eigenvalue weighted by Gasteiger charge is -2.29. The van der Waals surface area contributed by atoms with Gasteiger partial charge in [-0.05, 0) is 72.8 Å². The molecule has 0 spiro atoms. The molecule has 0 saturated carbocycles. The monoisotopic (exact) mass is 588 g/mol. The molecular formula is C36H30P2S2+2. The molecule has 0 fully saturated rings. The molecule has 0 saturated heterocycles. The summed E-state index contributed by atoms with van der Waals surface area (Å²) in [5, 5.41) is 8.32. The van der Waals surface area contributed by atoms with Gasteiger partial charge < -0.3 is 0 Å². The van der Waals surface area contributed by atoms with E-state index in [1.54, 1.807) is 0 Å². The zero-order valence-electron chi connectivity index (χ0n) is 22.0. The third-order valence-corrected chi connectivity index (χ3v) is 25.4. The van der Waals surface area contributed by atoms with Crippen molar-refractivity contribution in [3.8, 4) is 0 Å². The summed E-state index contributed by atoms with van der Waals surface area (Å²) >= 11 is 0. The van der Waals surface area contributed by atoms with Crippen molar-refractivity contribution in [2.45, 2.75) is 0 Å². The van der Waals surface area contributed by atoms with Crippen LogP contribution in [0.15, 0.2) is 182 Å². The molecule has 0 atom stereocenters. The van der Waals surface area contributed by atoms with Gasteiger partial charge in [-0.15, -0.1) is 0 Å². The molecule has 40 heavy (non-hydrogen) atoms. The lowest BCUT2D eigenvalue weighted by Crippen LogP contribution is -2.30. The highest BCUT2D eigenvalue weighted by Crippen LogP contribution is 2.82. The maximum absolute atomic E-state index is 2.33. The van der Waals surface area contributed by atoms with E-state index in [4.69, 9.17) is 0 Å². The average molecular weight is 589 g/mol. The highest BCUT2D eigenvalue weighted by Gasteiger charge is 2.56. The minimum absolute atomic E-state index is 1.39. The summed E-state index contributed by atoms with van der Waals surface area (Å²) < 4.78 is 0. The number of benzene rings is 6. The number of rotatable bonds is 9. The van der Waals surface area contributed by atoms with Gasteiger partial charge in [-0.3, -0.25) is 0 Å². The fourth-order valence-electron chi connectivity index (χ4n) is 5.08. The summed E-state index contributed by atoms with van der Waals surface area (Å²) in [6.45, 7) is -4.21. The predicted octanol–water partition coefficient (Wildman–Crippen LogP) is 8.19. The second-order valence-corrected chi connectivity index (χ2v) is 22.1. The molecule has 0 aliphatic rings.